The number of aliphatic hydroxyl groups excluding tert-OH is 1. The van der Waals surface area contributed by atoms with Crippen LogP contribution in [-0.4, -0.2) is 55.4 Å². The molecule has 124 valence electrons. The Balaban J connectivity index is 2.49. The highest BCUT2D eigenvalue weighted by atomic mass is 16.6. The van der Waals surface area contributed by atoms with Crippen molar-refractivity contribution in [2.24, 2.45) is 0 Å². The second kappa shape index (κ2) is 9.34. The third-order valence-corrected chi connectivity index (χ3v) is 3.04. The van der Waals surface area contributed by atoms with Crippen LogP contribution in [0.1, 0.15) is 25.0 Å². The molecule has 0 aromatic heterocycles. The van der Waals surface area contributed by atoms with Crippen LogP contribution in [0.2, 0.25) is 0 Å². The average molecular weight is 312 g/mol. The van der Waals surface area contributed by atoms with Crippen LogP contribution in [-0.2, 0) is 4.74 Å². The Labute approximate surface area is 130 Å². The van der Waals surface area contributed by atoms with Crippen LogP contribution in [0.15, 0.2) is 18.2 Å². The lowest BCUT2D eigenvalue weighted by Gasteiger charge is -2.14. The highest BCUT2D eigenvalue weighted by Gasteiger charge is 2.22. The highest BCUT2D eigenvalue weighted by Crippen LogP contribution is 2.33. The smallest absolute Gasteiger partial charge is 0.278 e. The van der Waals surface area contributed by atoms with E-state index < -0.39 is 11.0 Å². The van der Waals surface area contributed by atoms with Crippen molar-refractivity contribution in [3.05, 3.63) is 33.9 Å². The molecule has 22 heavy (non-hydrogen) atoms. The van der Waals surface area contributed by atoms with Gasteiger partial charge in [0.15, 0.2) is 0 Å². The number of nitro benzene ring substituents is 1. The van der Waals surface area contributed by atoms with Crippen LogP contribution in [0.5, 0.6) is 5.75 Å². The minimum atomic E-state index is -0.974. The molecule has 0 aliphatic rings. The van der Waals surface area contributed by atoms with Crippen LogP contribution in [0.25, 0.3) is 0 Å². The monoisotopic (exact) mass is 312 g/mol. The van der Waals surface area contributed by atoms with E-state index in [-0.39, 0.29) is 17.9 Å². The number of aliphatic hydroxyl groups is 1. The molecule has 0 amide bonds. The van der Waals surface area contributed by atoms with E-state index in [1.54, 1.807) is 6.07 Å². The first-order valence-electron chi connectivity index (χ1n) is 7.24. The van der Waals surface area contributed by atoms with Crippen molar-refractivity contribution in [3.63, 3.8) is 0 Å². The van der Waals surface area contributed by atoms with Gasteiger partial charge in [-0.05, 0) is 40.1 Å². The summed E-state index contributed by atoms with van der Waals surface area (Å²) in [7, 11) is 4.01. The second-order valence-corrected chi connectivity index (χ2v) is 5.24. The maximum atomic E-state index is 11.0. The lowest BCUT2D eigenvalue weighted by molar-refractivity contribution is -0.386. The molecular formula is C15H24N2O5. The Morgan fingerprint density at radius 1 is 1.32 bits per heavy atom. The normalized spacial score (nSPS) is 12.4. The van der Waals surface area contributed by atoms with Crippen LogP contribution >= 0.6 is 0 Å². The quantitative estimate of drug-likeness (QED) is 0.404. The van der Waals surface area contributed by atoms with Gasteiger partial charge in [0, 0.05) is 12.7 Å². The lowest BCUT2D eigenvalue weighted by Crippen LogP contribution is -2.16. The molecule has 1 aromatic carbocycles. The van der Waals surface area contributed by atoms with Crippen molar-refractivity contribution >= 4 is 5.69 Å². The highest BCUT2D eigenvalue weighted by molar-refractivity contribution is 5.50. The first kappa shape index (κ1) is 18.3. The molecule has 0 saturated heterocycles. The van der Waals surface area contributed by atoms with Gasteiger partial charge in [-0.1, -0.05) is 6.07 Å². The van der Waals surface area contributed by atoms with Gasteiger partial charge in [-0.2, -0.15) is 0 Å². The first-order valence-corrected chi connectivity index (χ1v) is 7.24. The molecule has 0 fully saturated rings. The van der Waals surface area contributed by atoms with Gasteiger partial charge in [0.25, 0.3) is 5.69 Å². The van der Waals surface area contributed by atoms with E-state index >= 15 is 0 Å². The molecule has 1 atom stereocenters. The number of hydrogen-bond acceptors (Lipinski definition) is 6. The molecule has 1 aromatic rings. The van der Waals surface area contributed by atoms with Gasteiger partial charge in [0.2, 0.25) is 0 Å². The van der Waals surface area contributed by atoms with Crippen LogP contribution in [0.4, 0.5) is 5.69 Å². The SMILES string of the molecule is CC(O)c1c(OCCOCCCN(C)C)cccc1[N+](=O)[O-]. The van der Waals surface area contributed by atoms with E-state index in [1.807, 2.05) is 14.1 Å². The average Bonchev–Trinajstić information content (AvgIpc) is 2.45. The molecule has 0 aliphatic carbocycles. The summed E-state index contributed by atoms with van der Waals surface area (Å²) >= 11 is 0. The van der Waals surface area contributed by atoms with E-state index in [0.29, 0.717) is 19.0 Å². The zero-order chi connectivity index (χ0) is 16.5. The van der Waals surface area contributed by atoms with Crippen molar-refractivity contribution in [3.8, 4) is 5.75 Å². The summed E-state index contributed by atoms with van der Waals surface area (Å²) in [6, 6.07) is 4.51. The summed E-state index contributed by atoms with van der Waals surface area (Å²) in [5.41, 5.74) is 0.0551. The van der Waals surface area contributed by atoms with Crippen molar-refractivity contribution in [1.82, 2.24) is 4.90 Å². The van der Waals surface area contributed by atoms with Gasteiger partial charge in [-0.25, -0.2) is 0 Å². The molecule has 1 N–H and O–H groups in total. The standard InChI is InChI=1S/C15H24N2O5/c1-12(18)15-13(17(19)20)6-4-7-14(15)22-11-10-21-9-5-8-16(2)3/h4,6-7,12,18H,5,8-11H2,1-3H3. The summed E-state index contributed by atoms with van der Waals surface area (Å²) in [5, 5.41) is 20.7. The van der Waals surface area contributed by atoms with E-state index in [0.717, 1.165) is 13.0 Å². The fraction of sp³-hybridized carbons (Fsp3) is 0.600. The maximum absolute atomic E-state index is 11.0. The molecule has 1 rings (SSSR count). The van der Waals surface area contributed by atoms with Crippen molar-refractivity contribution in [2.75, 3.05) is 40.5 Å². The number of nitro groups is 1. The minimum absolute atomic E-state index is 0.139. The molecular weight excluding hydrogens is 288 g/mol. The van der Waals surface area contributed by atoms with E-state index in [1.165, 1.54) is 19.1 Å². The van der Waals surface area contributed by atoms with Crippen LogP contribution in [0, 0.1) is 10.1 Å². The number of benzene rings is 1. The zero-order valence-electron chi connectivity index (χ0n) is 13.3. The van der Waals surface area contributed by atoms with Crippen molar-refractivity contribution in [2.45, 2.75) is 19.4 Å². The molecule has 0 aliphatic heterocycles. The van der Waals surface area contributed by atoms with Gasteiger partial charge in [-0.15, -0.1) is 0 Å². The Morgan fingerprint density at radius 2 is 2.05 bits per heavy atom. The third-order valence-electron chi connectivity index (χ3n) is 3.04. The first-order chi connectivity index (χ1) is 10.4. The number of hydrogen-bond donors (Lipinski definition) is 1. The number of nitrogens with zero attached hydrogens (tertiary/aromatic N) is 2. The summed E-state index contributed by atoms with van der Waals surface area (Å²) in [6.07, 6.45) is -0.0412. The van der Waals surface area contributed by atoms with Crippen molar-refractivity contribution in [1.29, 1.82) is 0 Å². The summed E-state index contributed by atoms with van der Waals surface area (Å²) < 4.78 is 11.0. The minimum Gasteiger partial charge on any atom is -0.491 e. The zero-order valence-corrected chi connectivity index (χ0v) is 13.3. The van der Waals surface area contributed by atoms with Gasteiger partial charge in [0.1, 0.15) is 12.4 Å². The van der Waals surface area contributed by atoms with Gasteiger partial charge in [-0.3, -0.25) is 10.1 Å². The fourth-order valence-corrected chi connectivity index (χ4v) is 2.03. The Bertz CT molecular complexity index is 477. The number of ether oxygens (including phenoxy) is 2. The van der Waals surface area contributed by atoms with E-state index in [4.69, 9.17) is 9.47 Å². The molecule has 7 heteroatoms. The molecule has 0 bridgehead atoms. The van der Waals surface area contributed by atoms with Gasteiger partial charge >= 0.3 is 0 Å². The summed E-state index contributed by atoms with van der Waals surface area (Å²) in [6.45, 7) is 3.75. The largest absolute Gasteiger partial charge is 0.491 e. The predicted octanol–water partition coefficient (Wildman–Crippen LogP) is 2.00. The Hall–Kier alpha value is -1.70. The molecule has 0 spiro atoms. The number of rotatable bonds is 10. The van der Waals surface area contributed by atoms with Gasteiger partial charge < -0.3 is 19.5 Å². The molecule has 0 saturated carbocycles. The van der Waals surface area contributed by atoms with Crippen LogP contribution in [0.3, 0.4) is 0 Å². The third kappa shape index (κ3) is 5.97. The topological polar surface area (TPSA) is 85.1 Å². The Morgan fingerprint density at radius 3 is 2.64 bits per heavy atom. The summed E-state index contributed by atoms with van der Waals surface area (Å²) in [4.78, 5) is 12.6. The predicted molar refractivity (Wildman–Crippen MR) is 83.2 cm³/mol. The molecule has 0 radical (unpaired) electrons. The summed E-state index contributed by atoms with van der Waals surface area (Å²) in [5.74, 6) is 0.320. The second-order valence-electron chi connectivity index (χ2n) is 5.24. The van der Waals surface area contributed by atoms with Gasteiger partial charge in [0.05, 0.1) is 23.2 Å². The van der Waals surface area contributed by atoms with Crippen LogP contribution < -0.4 is 4.74 Å². The lowest BCUT2D eigenvalue weighted by atomic mass is 10.1. The Kier molecular flexibility index (Phi) is 7.79. The fourth-order valence-electron chi connectivity index (χ4n) is 2.03. The van der Waals surface area contributed by atoms with Crippen molar-refractivity contribution < 1.29 is 19.5 Å². The molecule has 7 nitrogen and oxygen atoms in total. The van der Waals surface area contributed by atoms with E-state index in [9.17, 15) is 15.2 Å². The van der Waals surface area contributed by atoms with E-state index in [2.05, 4.69) is 4.90 Å². The maximum Gasteiger partial charge on any atom is 0.278 e. The molecule has 0 heterocycles. The molecule has 1 unspecified atom stereocenters.